The van der Waals surface area contributed by atoms with Gasteiger partial charge in [-0.05, 0) is 37.8 Å². The Morgan fingerprint density at radius 3 is 2.36 bits per heavy atom. The van der Waals surface area contributed by atoms with Crippen molar-refractivity contribution < 1.29 is 19.1 Å². The van der Waals surface area contributed by atoms with Crippen molar-refractivity contribution in [2.45, 2.75) is 71.8 Å². The van der Waals surface area contributed by atoms with Gasteiger partial charge in [0.1, 0.15) is 17.2 Å². The van der Waals surface area contributed by atoms with Crippen LogP contribution in [0.1, 0.15) is 64.1 Å². The van der Waals surface area contributed by atoms with Crippen molar-refractivity contribution in [3.63, 3.8) is 0 Å². The number of nitrogens with zero attached hydrogens (tertiary/aromatic N) is 4. The van der Waals surface area contributed by atoms with Crippen molar-refractivity contribution in [1.29, 1.82) is 0 Å². The molecule has 2 aromatic rings. The molecule has 4 rings (SSSR count). The molecule has 0 spiro atoms. The Labute approximate surface area is 250 Å². The average molecular weight is 578 g/mol. The normalized spacial score (nSPS) is 20.9. The van der Waals surface area contributed by atoms with Crippen LogP contribution >= 0.6 is 0 Å². The fourth-order valence-electron chi connectivity index (χ4n) is 6.20. The fourth-order valence-corrected chi connectivity index (χ4v) is 6.20. The Morgan fingerprint density at radius 2 is 1.71 bits per heavy atom. The van der Waals surface area contributed by atoms with Crippen molar-refractivity contribution in [2.75, 3.05) is 40.3 Å². The molecule has 0 saturated carbocycles. The van der Waals surface area contributed by atoms with E-state index >= 15 is 0 Å². The molecule has 9 nitrogen and oxygen atoms in total. The van der Waals surface area contributed by atoms with E-state index in [1.165, 1.54) is 4.90 Å². The Bertz CT molecular complexity index is 1230. The number of hydrogen-bond donors (Lipinski definition) is 1. The van der Waals surface area contributed by atoms with Gasteiger partial charge in [0, 0.05) is 52.4 Å². The molecule has 9 heteroatoms. The number of nitrogens with one attached hydrogen (secondary N) is 1. The maximum absolute atomic E-state index is 14.1. The predicted molar refractivity (Wildman–Crippen MR) is 164 cm³/mol. The summed E-state index contributed by atoms with van der Waals surface area (Å²) in [4.78, 5) is 47.8. The molecular formula is C33H47N5O4. The monoisotopic (exact) mass is 577 g/mol. The molecule has 3 atom stereocenters. The van der Waals surface area contributed by atoms with Crippen LogP contribution < -0.4 is 10.1 Å². The number of hydrogen-bond acceptors (Lipinski definition) is 6. The minimum atomic E-state index is -0.783. The predicted octanol–water partition coefficient (Wildman–Crippen LogP) is 4.50. The number of β-lactam (4-membered cyclic amide) rings is 1. The zero-order valence-electron chi connectivity index (χ0n) is 26.0. The fraction of sp³-hybridized carbons (Fsp3) is 0.545. The van der Waals surface area contributed by atoms with E-state index in [0.29, 0.717) is 38.2 Å². The number of ether oxygens (including phenoxy) is 1. The first-order chi connectivity index (χ1) is 20.2. The second kappa shape index (κ2) is 13.7. The van der Waals surface area contributed by atoms with Crippen LogP contribution in [0.15, 0.2) is 54.6 Å². The van der Waals surface area contributed by atoms with E-state index in [0.717, 1.165) is 30.6 Å². The molecule has 1 unspecified atom stereocenters. The van der Waals surface area contributed by atoms with E-state index in [4.69, 9.17) is 4.74 Å². The Kier molecular flexibility index (Phi) is 10.3. The lowest BCUT2D eigenvalue weighted by molar-refractivity contribution is -0.193. The van der Waals surface area contributed by atoms with Crippen LogP contribution in [0.4, 0.5) is 4.79 Å². The third-order valence-corrected chi connectivity index (χ3v) is 8.94. The molecule has 2 aliphatic heterocycles. The van der Waals surface area contributed by atoms with Gasteiger partial charge in [-0.25, -0.2) is 9.69 Å². The van der Waals surface area contributed by atoms with Gasteiger partial charge < -0.3 is 19.9 Å². The standard InChI is InChI=1S/C33H47N5O4/c1-7-20-37(24(4)25-15-11-10-12-16-25)32(41)38-30(40)33(8-2,9-3)31(38)42-28-18-14-13-17-26(28)23-36-21-19-34-22-27(36)29(39)35(5)6/h10-18,24,27,31,34H,7-9,19-23H2,1-6H3/t24-,27?,31+/m1/s1. The number of carbonyl (C=O) groups excluding carboxylic acids is 3. The SMILES string of the molecule is CCCN(C(=O)N1C(=O)C(CC)(CC)[C@@H]1Oc1ccccc1CN1CCNCC1C(=O)N(C)C)[C@H](C)c1ccccc1. The molecule has 1 N–H and O–H groups in total. The minimum absolute atomic E-state index is 0.0569. The Balaban J connectivity index is 1.63. The molecule has 2 saturated heterocycles. The molecule has 2 fully saturated rings. The number of likely N-dealkylation sites (N-methyl/N-ethyl adjacent to an activating group) is 1. The first-order valence-electron chi connectivity index (χ1n) is 15.3. The lowest BCUT2D eigenvalue weighted by atomic mass is 9.72. The molecule has 42 heavy (non-hydrogen) atoms. The topological polar surface area (TPSA) is 85.4 Å². The van der Waals surface area contributed by atoms with Crippen LogP contribution in [0.25, 0.3) is 0 Å². The highest BCUT2D eigenvalue weighted by Crippen LogP contribution is 2.47. The summed E-state index contributed by atoms with van der Waals surface area (Å²) in [5, 5.41) is 3.34. The van der Waals surface area contributed by atoms with Gasteiger partial charge >= 0.3 is 6.03 Å². The van der Waals surface area contributed by atoms with Gasteiger partial charge in [-0.3, -0.25) is 14.5 Å². The first-order valence-corrected chi connectivity index (χ1v) is 15.3. The molecule has 0 aliphatic carbocycles. The van der Waals surface area contributed by atoms with Gasteiger partial charge in [-0.1, -0.05) is 69.3 Å². The highest BCUT2D eigenvalue weighted by Gasteiger charge is 2.63. The van der Waals surface area contributed by atoms with Gasteiger partial charge in [-0.2, -0.15) is 0 Å². The molecule has 2 heterocycles. The quantitative estimate of drug-likeness (QED) is 0.396. The summed E-state index contributed by atoms with van der Waals surface area (Å²) in [6.45, 7) is 11.2. The number of imide groups is 1. The van der Waals surface area contributed by atoms with Gasteiger partial charge in [0.15, 0.2) is 6.23 Å². The van der Waals surface area contributed by atoms with Gasteiger partial charge in [-0.15, -0.1) is 0 Å². The van der Waals surface area contributed by atoms with Crippen LogP contribution in [0, 0.1) is 5.41 Å². The van der Waals surface area contributed by atoms with Crippen LogP contribution in [0.3, 0.4) is 0 Å². The number of carbonyl (C=O) groups is 3. The number of benzene rings is 2. The van der Waals surface area contributed by atoms with Gasteiger partial charge in [0.2, 0.25) is 11.8 Å². The van der Waals surface area contributed by atoms with Crippen LogP contribution in [-0.2, 0) is 16.1 Å². The molecule has 2 aliphatic rings. The lowest BCUT2D eigenvalue weighted by Crippen LogP contribution is -2.74. The summed E-state index contributed by atoms with van der Waals surface area (Å²) in [7, 11) is 3.56. The molecule has 0 radical (unpaired) electrons. The van der Waals surface area contributed by atoms with Crippen LogP contribution in [0.5, 0.6) is 5.75 Å². The molecule has 4 amide bonds. The third kappa shape index (κ3) is 6.03. The maximum atomic E-state index is 14.1. The van der Waals surface area contributed by atoms with Crippen molar-refractivity contribution in [1.82, 2.24) is 24.9 Å². The van der Waals surface area contributed by atoms with E-state index in [1.807, 2.05) is 82.3 Å². The highest BCUT2D eigenvalue weighted by molar-refractivity contribution is 6.03. The number of rotatable bonds is 11. The molecule has 0 aromatic heterocycles. The number of amides is 4. The number of likely N-dealkylation sites (tertiary alicyclic amines) is 1. The van der Waals surface area contributed by atoms with Crippen molar-refractivity contribution in [3.8, 4) is 5.75 Å². The number of urea groups is 1. The summed E-state index contributed by atoms with van der Waals surface area (Å²) < 4.78 is 6.70. The second-order valence-electron chi connectivity index (χ2n) is 11.6. The summed E-state index contributed by atoms with van der Waals surface area (Å²) in [6.07, 6.45) is 1.18. The largest absolute Gasteiger partial charge is 0.468 e. The van der Waals surface area contributed by atoms with E-state index < -0.39 is 11.6 Å². The Morgan fingerprint density at radius 1 is 1.05 bits per heavy atom. The summed E-state index contributed by atoms with van der Waals surface area (Å²) in [5.74, 6) is 0.508. The van der Waals surface area contributed by atoms with E-state index in [2.05, 4.69) is 10.2 Å². The molecule has 0 bridgehead atoms. The van der Waals surface area contributed by atoms with Crippen molar-refractivity contribution in [2.24, 2.45) is 5.41 Å². The molecule has 2 aromatic carbocycles. The zero-order chi connectivity index (χ0) is 30.4. The summed E-state index contributed by atoms with van der Waals surface area (Å²) >= 11 is 0. The third-order valence-electron chi connectivity index (χ3n) is 8.94. The number of piperazine rings is 1. The smallest absolute Gasteiger partial charge is 0.330 e. The molecular weight excluding hydrogens is 530 g/mol. The average Bonchev–Trinajstić information content (AvgIpc) is 3.01. The van der Waals surface area contributed by atoms with E-state index in [9.17, 15) is 14.4 Å². The van der Waals surface area contributed by atoms with E-state index in [1.54, 1.807) is 23.9 Å². The van der Waals surface area contributed by atoms with Crippen molar-refractivity contribution in [3.05, 3.63) is 65.7 Å². The second-order valence-corrected chi connectivity index (χ2v) is 11.6. The molecule has 228 valence electrons. The van der Waals surface area contributed by atoms with Crippen LogP contribution in [0.2, 0.25) is 0 Å². The maximum Gasteiger partial charge on any atom is 0.330 e. The summed E-state index contributed by atoms with van der Waals surface area (Å²) in [6, 6.07) is 16.9. The minimum Gasteiger partial charge on any atom is -0.468 e. The highest BCUT2D eigenvalue weighted by atomic mass is 16.5. The number of para-hydroxylation sites is 1. The van der Waals surface area contributed by atoms with Crippen LogP contribution in [-0.4, -0.2) is 90.0 Å². The van der Waals surface area contributed by atoms with E-state index in [-0.39, 0.29) is 29.9 Å². The zero-order valence-corrected chi connectivity index (χ0v) is 26.0. The lowest BCUT2D eigenvalue weighted by Gasteiger charge is -2.54. The van der Waals surface area contributed by atoms with Crippen molar-refractivity contribution >= 4 is 17.8 Å². The van der Waals surface area contributed by atoms with Gasteiger partial charge in [0.25, 0.3) is 0 Å². The summed E-state index contributed by atoms with van der Waals surface area (Å²) in [5.41, 5.74) is 1.16. The van der Waals surface area contributed by atoms with Gasteiger partial charge in [0.05, 0.1) is 6.04 Å². The first kappa shape index (κ1) is 31.5. The Hall–Kier alpha value is -3.43.